The average Bonchev–Trinajstić information content (AvgIpc) is 3.17. The van der Waals surface area contributed by atoms with E-state index in [2.05, 4.69) is 27.7 Å². The van der Waals surface area contributed by atoms with Gasteiger partial charge in [0, 0.05) is 24.7 Å². The highest BCUT2D eigenvalue weighted by molar-refractivity contribution is 5.83. The molecule has 2 heterocycles. The monoisotopic (exact) mass is 430 g/mol. The second-order valence-electron chi connectivity index (χ2n) is 13.1. The van der Waals surface area contributed by atoms with Crippen molar-refractivity contribution < 1.29 is 19.4 Å². The molecule has 4 aliphatic carbocycles. The molecule has 6 fully saturated rings. The largest absolute Gasteiger partial charge is 0.393 e. The van der Waals surface area contributed by atoms with Crippen LogP contribution in [0.15, 0.2) is 0 Å². The first kappa shape index (κ1) is 21.1. The molecule has 6 rings (SSSR count). The van der Waals surface area contributed by atoms with Crippen molar-refractivity contribution in [1.82, 2.24) is 0 Å². The maximum Gasteiger partial charge on any atom is 0.171 e. The molecule has 0 radical (unpaired) electrons. The number of Topliss-reactive ketones (excluding diaryl/α,β-unsaturated/α-hetero) is 1. The molecule has 0 amide bonds. The van der Waals surface area contributed by atoms with Gasteiger partial charge in [-0.15, -0.1) is 0 Å². The van der Waals surface area contributed by atoms with Crippen molar-refractivity contribution in [2.75, 3.05) is 6.61 Å². The van der Waals surface area contributed by atoms with Crippen LogP contribution in [-0.2, 0) is 14.3 Å². The summed E-state index contributed by atoms with van der Waals surface area (Å²) in [4.78, 5) is 13.3. The molecule has 0 aromatic rings. The fourth-order valence-corrected chi connectivity index (χ4v) is 10.0. The Morgan fingerprint density at radius 2 is 1.74 bits per heavy atom. The Morgan fingerprint density at radius 3 is 2.48 bits per heavy atom. The van der Waals surface area contributed by atoms with Gasteiger partial charge in [0.15, 0.2) is 5.79 Å². The van der Waals surface area contributed by atoms with E-state index in [1.165, 1.54) is 19.3 Å². The third kappa shape index (κ3) is 2.74. The molecular weight excluding hydrogens is 388 g/mol. The Morgan fingerprint density at radius 1 is 0.968 bits per heavy atom. The summed E-state index contributed by atoms with van der Waals surface area (Å²) in [5.74, 6) is 3.53. The van der Waals surface area contributed by atoms with Gasteiger partial charge >= 0.3 is 0 Å². The van der Waals surface area contributed by atoms with Crippen molar-refractivity contribution in [2.24, 2.45) is 52.3 Å². The number of rotatable bonds is 0. The van der Waals surface area contributed by atoms with E-state index < -0.39 is 0 Å². The van der Waals surface area contributed by atoms with Gasteiger partial charge in [-0.05, 0) is 85.4 Å². The third-order valence-corrected chi connectivity index (χ3v) is 11.7. The van der Waals surface area contributed by atoms with Crippen molar-refractivity contribution in [3.05, 3.63) is 0 Å². The van der Waals surface area contributed by atoms with Gasteiger partial charge in [0.05, 0.1) is 18.8 Å². The maximum absolute atomic E-state index is 13.3. The minimum atomic E-state index is -0.356. The molecule has 0 aromatic heterocycles. The van der Waals surface area contributed by atoms with Crippen LogP contribution in [0.25, 0.3) is 0 Å². The molecule has 31 heavy (non-hydrogen) atoms. The minimum Gasteiger partial charge on any atom is -0.393 e. The van der Waals surface area contributed by atoms with Crippen LogP contribution in [0.3, 0.4) is 0 Å². The summed E-state index contributed by atoms with van der Waals surface area (Å²) in [7, 11) is 0. The number of hydrogen-bond acceptors (Lipinski definition) is 4. The van der Waals surface area contributed by atoms with Crippen LogP contribution < -0.4 is 0 Å². The van der Waals surface area contributed by atoms with Crippen molar-refractivity contribution in [3.8, 4) is 0 Å². The van der Waals surface area contributed by atoms with Crippen LogP contribution >= 0.6 is 0 Å². The molecule has 1 N–H and O–H groups in total. The Kier molecular flexibility index (Phi) is 4.62. The van der Waals surface area contributed by atoms with Crippen molar-refractivity contribution in [3.63, 3.8) is 0 Å². The average molecular weight is 431 g/mol. The van der Waals surface area contributed by atoms with Gasteiger partial charge in [-0.1, -0.05) is 27.7 Å². The van der Waals surface area contributed by atoms with Crippen LogP contribution in [-0.4, -0.2) is 35.5 Å². The zero-order chi connectivity index (χ0) is 21.8. The fourth-order valence-electron chi connectivity index (χ4n) is 10.0. The van der Waals surface area contributed by atoms with Gasteiger partial charge in [0.25, 0.3) is 0 Å². The molecule has 2 aliphatic heterocycles. The van der Waals surface area contributed by atoms with Crippen LogP contribution in [0, 0.1) is 52.3 Å². The predicted octanol–water partition coefficient (Wildman–Crippen LogP) is 4.97. The summed E-state index contributed by atoms with van der Waals surface area (Å²) in [6.07, 6.45) is 9.21. The molecule has 0 unspecified atom stereocenters. The number of ether oxygens (including phenoxy) is 2. The first-order valence-electron chi connectivity index (χ1n) is 13.2. The first-order valence-corrected chi connectivity index (χ1v) is 13.2. The predicted molar refractivity (Wildman–Crippen MR) is 118 cm³/mol. The van der Waals surface area contributed by atoms with Crippen molar-refractivity contribution >= 4 is 5.78 Å². The van der Waals surface area contributed by atoms with Gasteiger partial charge < -0.3 is 14.6 Å². The molecule has 4 saturated carbocycles. The number of aliphatic hydroxyl groups is 1. The second kappa shape index (κ2) is 6.79. The highest BCUT2D eigenvalue weighted by atomic mass is 16.7. The number of carbonyl (C=O) groups is 1. The highest BCUT2D eigenvalue weighted by Crippen LogP contribution is 2.71. The van der Waals surface area contributed by atoms with Gasteiger partial charge in [-0.25, -0.2) is 0 Å². The molecule has 4 heteroatoms. The lowest BCUT2D eigenvalue weighted by molar-refractivity contribution is -0.273. The lowest BCUT2D eigenvalue weighted by atomic mass is 9.44. The topological polar surface area (TPSA) is 55.8 Å². The van der Waals surface area contributed by atoms with E-state index in [-0.39, 0.29) is 28.6 Å². The molecule has 0 bridgehead atoms. The van der Waals surface area contributed by atoms with E-state index in [0.29, 0.717) is 53.8 Å². The standard InChI is InChI=1S/C27H42O4/c1-15-5-10-27(30-14-15)16(2)24-23(31-27)13-20-18-12-22(29)21-11-17(28)6-8-25(21,3)19(18)7-9-26(20,24)4/h15-21,23-24,28H,5-14H2,1-4H3/t15-,16-,17-,18+,19-,20-,21+,23-,24-,25+,26-,27-/m0/s1. The van der Waals surface area contributed by atoms with Crippen LogP contribution in [0.5, 0.6) is 0 Å². The summed E-state index contributed by atoms with van der Waals surface area (Å²) in [5.41, 5.74) is 0.355. The van der Waals surface area contributed by atoms with Crippen molar-refractivity contribution in [1.29, 1.82) is 0 Å². The number of aliphatic hydroxyl groups excluding tert-OH is 1. The summed E-state index contributed by atoms with van der Waals surface area (Å²) in [5, 5.41) is 10.3. The summed E-state index contributed by atoms with van der Waals surface area (Å²) in [6, 6.07) is 0. The second-order valence-corrected chi connectivity index (χ2v) is 13.1. The van der Waals surface area contributed by atoms with E-state index in [1.807, 2.05) is 0 Å². The van der Waals surface area contributed by atoms with Gasteiger partial charge in [0.1, 0.15) is 5.78 Å². The lowest BCUT2D eigenvalue weighted by Gasteiger charge is -2.60. The fraction of sp³-hybridized carbons (Fsp3) is 0.963. The Labute approximate surface area is 187 Å². The molecular formula is C27H42O4. The Bertz CT molecular complexity index is 756. The number of hydrogen-bond donors (Lipinski definition) is 1. The molecule has 4 nitrogen and oxygen atoms in total. The maximum atomic E-state index is 13.3. The Balaban J connectivity index is 1.28. The van der Waals surface area contributed by atoms with Gasteiger partial charge in [-0.2, -0.15) is 0 Å². The summed E-state index contributed by atoms with van der Waals surface area (Å²) < 4.78 is 13.3. The molecule has 1 spiro atoms. The minimum absolute atomic E-state index is 0.0823. The zero-order valence-electron chi connectivity index (χ0n) is 19.9. The highest BCUT2D eigenvalue weighted by Gasteiger charge is 2.69. The summed E-state index contributed by atoms with van der Waals surface area (Å²) >= 11 is 0. The van der Waals surface area contributed by atoms with Gasteiger partial charge in [-0.3, -0.25) is 4.79 Å². The molecule has 12 atom stereocenters. The SMILES string of the molecule is C[C@H]1CC[C@]2(OC1)O[C@H]1C[C@H]3[C@@H]4CC(=O)[C@H]5C[C@@H](O)CC[C@]5(C)[C@H]4CC[C@]3(C)[C@H]1[C@@H]2C. The molecule has 0 aromatic carbocycles. The quantitative estimate of drug-likeness (QED) is 0.589. The van der Waals surface area contributed by atoms with Crippen LogP contribution in [0.2, 0.25) is 0 Å². The number of ketones is 1. The number of fused-ring (bicyclic) bond motifs is 7. The zero-order valence-corrected chi connectivity index (χ0v) is 19.9. The van der Waals surface area contributed by atoms with E-state index in [9.17, 15) is 9.90 Å². The molecule has 174 valence electrons. The van der Waals surface area contributed by atoms with E-state index >= 15 is 0 Å². The molecule has 6 aliphatic rings. The smallest absolute Gasteiger partial charge is 0.171 e. The molecule has 2 saturated heterocycles. The normalized spacial score (nSPS) is 60.9. The van der Waals surface area contributed by atoms with Crippen molar-refractivity contribution in [2.45, 2.75) is 103 Å². The van der Waals surface area contributed by atoms with E-state index in [4.69, 9.17) is 9.47 Å². The summed E-state index contributed by atoms with van der Waals surface area (Å²) in [6.45, 7) is 10.4. The van der Waals surface area contributed by atoms with E-state index in [0.717, 1.165) is 38.7 Å². The van der Waals surface area contributed by atoms with Crippen LogP contribution in [0.4, 0.5) is 0 Å². The van der Waals surface area contributed by atoms with Gasteiger partial charge in [0.2, 0.25) is 0 Å². The van der Waals surface area contributed by atoms with E-state index in [1.54, 1.807) is 0 Å². The Hall–Kier alpha value is -0.450. The first-order chi connectivity index (χ1) is 14.7. The number of carbonyl (C=O) groups excluding carboxylic acids is 1. The lowest BCUT2D eigenvalue weighted by Crippen LogP contribution is -2.57. The third-order valence-electron chi connectivity index (χ3n) is 11.7. The van der Waals surface area contributed by atoms with Crippen LogP contribution in [0.1, 0.15) is 85.5 Å².